The number of benzene rings is 1. The molecule has 0 aromatic heterocycles. The highest BCUT2D eigenvalue weighted by Gasteiger charge is 2.28. The molecule has 0 aliphatic carbocycles. The van der Waals surface area contributed by atoms with E-state index in [1.54, 1.807) is 0 Å². The SMILES string of the molecule is COc1ccc(OCC(F)(F)F)c(/C=C/C(=O)O)c1. The second-order valence-electron chi connectivity index (χ2n) is 3.48. The van der Waals surface area contributed by atoms with E-state index in [9.17, 15) is 18.0 Å². The van der Waals surface area contributed by atoms with Gasteiger partial charge in [0.2, 0.25) is 0 Å². The van der Waals surface area contributed by atoms with Crippen molar-refractivity contribution in [2.45, 2.75) is 6.18 Å². The minimum atomic E-state index is -4.46. The molecule has 0 saturated carbocycles. The Morgan fingerprint density at radius 1 is 1.42 bits per heavy atom. The number of carboxylic acid groups (broad SMARTS) is 1. The summed E-state index contributed by atoms with van der Waals surface area (Å²) in [6.45, 7) is -1.45. The molecular weight excluding hydrogens is 265 g/mol. The number of aliphatic carboxylic acids is 1. The first kappa shape index (κ1) is 14.9. The van der Waals surface area contributed by atoms with Gasteiger partial charge in [-0.3, -0.25) is 0 Å². The summed E-state index contributed by atoms with van der Waals surface area (Å²) >= 11 is 0. The molecule has 0 amide bonds. The van der Waals surface area contributed by atoms with Crippen LogP contribution in [0.2, 0.25) is 0 Å². The topological polar surface area (TPSA) is 55.8 Å². The van der Waals surface area contributed by atoms with Crippen molar-refractivity contribution in [1.82, 2.24) is 0 Å². The van der Waals surface area contributed by atoms with Crippen LogP contribution in [-0.2, 0) is 4.79 Å². The number of methoxy groups -OCH3 is 1. The van der Waals surface area contributed by atoms with Crippen LogP contribution in [0.3, 0.4) is 0 Å². The van der Waals surface area contributed by atoms with Crippen molar-refractivity contribution in [3.63, 3.8) is 0 Å². The largest absolute Gasteiger partial charge is 0.497 e. The van der Waals surface area contributed by atoms with Gasteiger partial charge in [-0.05, 0) is 24.3 Å². The number of hydrogen-bond donors (Lipinski definition) is 1. The van der Waals surface area contributed by atoms with E-state index in [1.165, 1.54) is 25.3 Å². The average Bonchev–Trinajstić information content (AvgIpc) is 2.33. The summed E-state index contributed by atoms with van der Waals surface area (Å²) < 4.78 is 45.7. The molecule has 0 radical (unpaired) electrons. The summed E-state index contributed by atoms with van der Waals surface area (Å²) in [4.78, 5) is 10.4. The van der Waals surface area contributed by atoms with Crippen molar-refractivity contribution in [2.24, 2.45) is 0 Å². The molecule has 19 heavy (non-hydrogen) atoms. The second-order valence-corrected chi connectivity index (χ2v) is 3.48. The van der Waals surface area contributed by atoms with Crippen molar-refractivity contribution in [1.29, 1.82) is 0 Å². The summed E-state index contributed by atoms with van der Waals surface area (Å²) in [5, 5.41) is 8.51. The molecule has 0 aliphatic rings. The highest BCUT2D eigenvalue weighted by molar-refractivity contribution is 5.86. The normalized spacial score (nSPS) is 11.6. The molecule has 0 aliphatic heterocycles. The Bertz CT molecular complexity index is 480. The number of rotatable bonds is 5. The molecule has 104 valence electrons. The Hall–Kier alpha value is -2.18. The highest BCUT2D eigenvalue weighted by Crippen LogP contribution is 2.27. The van der Waals surface area contributed by atoms with Crippen molar-refractivity contribution in [3.05, 3.63) is 29.8 Å². The van der Waals surface area contributed by atoms with Gasteiger partial charge in [-0.2, -0.15) is 13.2 Å². The minimum Gasteiger partial charge on any atom is -0.497 e. The molecule has 1 aromatic carbocycles. The lowest BCUT2D eigenvalue weighted by atomic mass is 10.1. The van der Waals surface area contributed by atoms with E-state index in [0.29, 0.717) is 5.75 Å². The summed E-state index contributed by atoms with van der Waals surface area (Å²) in [6, 6.07) is 4.08. The van der Waals surface area contributed by atoms with E-state index in [4.69, 9.17) is 9.84 Å². The van der Waals surface area contributed by atoms with Crippen molar-refractivity contribution in [3.8, 4) is 11.5 Å². The zero-order valence-corrected chi connectivity index (χ0v) is 9.90. The fraction of sp³-hybridized carbons (Fsp3) is 0.250. The van der Waals surface area contributed by atoms with Crippen LogP contribution in [0.4, 0.5) is 13.2 Å². The molecule has 0 unspecified atom stereocenters. The first-order chi connectivity index (χ1) is 8.81. The molecule has 0 heterocycles. The molecule has 1 N–H and O–H groups in total. The van der Waals surface area contributed by atoms with E-state index in [-0.39, 0.29) is 11.3 Å². The zero-order valence-electron chi connectivity index (χ0n) is 9.90. The van der Waals surface area contributed by atoms with Gasteiger partial charge in [0.25, 0.3) is 0 Å². The predicted molar refractivity (Wildman–Crippen MR) is 61.2 cm³/mol. The molecule has 0 bridgehead atoms. The Morgan fingerprint density at radius 3 is 2.63 bits per heavy atom. The van der Waals surface area contributed by atoms with Gasteiger partial charge < -0.3 is 14.6 Å². The molecule has 0 spiro atoms. The molecule has 1 aromatic rings. The van der Waals surface area contributed by atoms with Gasteiger partial charge in [-0.1, -0.05) is 0 Å². The van der Waals surface area contributed by atoms with Crippen LogP contribution in [0.5, 0.6) is 11.5 Å². The summed E-state index contributed by atoms with van der Waals surface area (Å²) in [7, 11) is 1.39. The van der Waals surface area contributed by atoms with Crippen molar-refractivity contribution in [2.75, 3.05) is 13.7 Å². The zero-order chi connectivity index (χ0) is 14.5. The summed E-state index contributed by atoms with van der Waals surface area (Å²) in [5.74, 6) is -0.912. The van der Waals surface area contributed by atoms with Gasteiger partial charge in [0, 0.05) is 11.6 Å². The van der Waals surface area contributed by atoms with Crippen molar-refractivity contribution >= 4 is 12.0 Å². The molecule has 0 fully saturated rings. The van der Waals surface area contributed by atoms with Gasteiger partial charge in [0.1, 0.15) is 11.5 Å². The smallest absolute Gasteiger partial charge is 0.422 e. The summed E-state index contributed by atoms with van der Waals surface area (Å²) in [6.07, 6.45) is -2.53. The first-order valence-corrected chi connectivity index (χ1v) is 5.10. The Morgan fingerprint density at radius 2 is 2.11 bits per heavy atom. The standard InChI is InChI=1S/C12H11F3O4/c1-18-9-3-4-10(19-7-12(13,14)15)8(6-9)2-5-11(16)17/h2-6H,7H2,1H3,(H,16,17)/b5-2+. The van der Waals surface area contributed by atoms with Crippen LogP contribution >= 0.6 is 0 Å². The average molecular weight is 276 g/mol. The van der Waals surface area contributed by atoms with E-state index >= 15 is 0 Å². The van der Waals surface area contributed by atoms with Crippen molar-refractivity contribution < 1.29 is 32.5 Å². The number of alkyl halides is 3. The Balaban J connectivity index is 2.98. The van der Waals surface area contributed by atoms with Crippen LogP contribution < -0.4 is 9.47 Å². The number of ether oxygens (including phenoxy) is 2. The maximum Gasteiger partial charge on any atom is 0.422 e. The van der Waals surface area contributed by atoms with Crippen LogP contribution in [-0.4, -0.2) is 31.0 Å². The van der Waals surface area contributed by atoms with Gasteiger partial charge in [0.05, 0.1) is 7.11 Å². The molecule has 4 nitrogen and oxygen atoms in total. The molecular formula is C12H11F3O4. The van der Waals surface area contributed by atoms with Crippen LogP contribution in [0.15, 0.2) is 24.3 Å². The molecule has 0 atom stereocenters. The molecule has 7 heteroatoms. The highest BCUT2D eigenvalue weighted by atomic mass is 19.4. The Kier molecular flexibility index (Phi) is 4.80. The fourth-order valence-corrected chi connectivity index (χ4v) is 1.24. The van der Waals surface area contributed by atoms with Crippen LogP contribution in [0, 0.1) is 0 Å². The van der Waals surface area contributed by atoms with E-state index in [0.717, 1.165) is 12.2 Å². The fourth-order valence-electron chi connectivity index (χ4n) is 1.24. The number of hydrogen-bond acceptors (Lipinski definition) is 3. The van der Waals surface area contributed by atoms with E-state index in [2.05, 4.69) is 4.74 Å². The van der Waals surface area contributed by atoms with Gasteiger partial charge in [-0.25, -0.2) is 4.79 Å². The number of carbonyl (C=O) groups is 1. The van der Waals surface area contributed by atoms with Gasteiger partial charge in [-0.15, -0.1) is 0 Å². The maximum absolute atomic E-state index is 12.1. The first-order valence-electron chi connectivity index (χ1n) is 5.10. The van der Waals surface area contributed by atoms with Gasteiger partial charge >= 0.3 is 12.1 Å². The van der Waals surface area contributed by atoms with Gasteiger partial charge in [0.15, 0.2) is 6.61 Å². The molecule has 0 saturated heterocycles. The lowest BCUT2D eigenvalue weighted by molar-refractivity contribution is -0.153. The quantitative estimate of drug-likeness (QED) is 0.840. The maximum atomic E-state index is 12.1. The van der Waals surface area contributed by atoms with E-state index in [1.807, 2.05) is 0 Å². The van der Waals surface area contributed by atoms with Crippen LogP contribution in [0.25, 0.3) is 6.08 Å². The minimum absolute atomic E-state index is 0.0735. The number of halogens is 3. The lowest BCUT2D eigenvalue weighted by Crippen LogP contribution is -2.19. The molecule has 1 rings (SSSR count). The lowest BCUT2D eigenvalue weighted by Gasteiger charge is -2.12. The third-order valence-electron chi connectivity index (χ3n) is 2.01. The van der Waals surface area contributed by atoms with Crippen LogP contribution in [0.1, 0.15) is 5.56 Å². The van der Waals surface area contributed by atoms with E-state index < -0.39 is 18.8 Å². The third kappa shape index (κ3) is 5.33. The predicted octanol–water partition coefficient (Wildman–Crippen LogP) is 2.73. The Labute approximate surface area is 107 Å². The number of carboxylic acids is 1. The second kappa shape index (κ2) is 6.12. The monoisotopic (exact) mass is 276 g/mol. The third-order valence-corrected chi connectivity index (χ3v) is 2.01. The summed E-state index contributed by atoms with van der Waals surface area (Å²) in [5.41, 5.74) is 0.186.